The first-order valence-electron chi connectivity index (χ1n) is 8.25. The number of benzene rings is 2. The molecule has 30 heavy (non-hydrogen) atoms. The van der Waals surface area contributed by atoms with Gasteiger partial charge in [0, 0.05) is 23.2 Å². The molecule has 0 atom stereocenters. The van der Waals surface area contributed by atoms with Gasteiger partial charge in [0.2, 0.25) is 15.8 Å². The van der Waals surface area contributed by atoms with E-state index in [1.165, 1.54) is 55.6 Å². The Morgan fingerprint density at radius 2 is 1.70 bits per heavy atom. The van der Waals surface area contributed by atoms with Gasteiger partial charge in [0.1, 0.15) is 0 Å². The average Bonchev–Trinajstić information content (AvgIpc) is 3.19. The van der Waals surface area contributed by atoms with Crippen molar-refractivity contribution in [1.82, 2.24) is 14.4 Å². The van der Waals surface area contributed by atoms with Crippen LogP contribution in [0.2, 0.25) is 5.02 Å². The zero-order chi connectivity index (χ0) is 22.1. The van der Waals surface area contributed by atoms with Crippen molar-refractivity contribution in [2.45, 2.75) is 11.1 Å². The number of halogens is 4. The zero-order valence-corrected chi connectivity index (χ0v) is 16.8. The molecule has 0 spiro atoms. The topological polar surface area (TPSA) is 93.4 Å². The molecule has 0 aliphatic heterocycles. The molecule has 0 unspecified atom stereocenters. The number of hydrogen-bond acceptors (Lipinski definition) is 6. The molecule has 3 aromatic rings. The number of rotatable bonds is 6. The number of Topliss-reactive ketones (excluding diaryl/α,β-unsaturated/α-hetero) is 1. The van der Waals surface area contributed by atoms with E-state index in [4.69, 9.17) is 11.6 Å². The number of carbonyl (C=O) groups excluding carboxylic acids is 1. The summed E-state index contributed by atoms with van der Waals surface area (Å²) >= 11 is 5.75. The number of carbonyl (C=O) groups is 1. The molecular weight excluding hydrogens is 447 g/mol. The van der Waals surface area contributed by atoms with Crippen LogP contribution in [0.3, 0.4) is 0 Å². The largest absolute Gasteiger partial charge is 0.471 e. The predicted octanol–water partition coefficient (Wildman–Crippen LogP) is 3.91. The molecule has 2 aromatic carbocycles. The Hall–Kier alpha value is -2.76. The second kappa shape index (κ2) is 8.17. The van der Waals surface area contributed by atoms with Gasteiger partial charge in [0.25, 0.3) is 0 Å². The summed E-state index contributed by atoms with van der Waals surface area (Å²) in [6.45, 7) is -0.440. The van der Waals surface area contributed by atoms with Crippen LogP contribution in [0.15, 0.2) is 57.9 Å². The van der Waals surface area contributed by atoms with Crippen LogP contribution in [0.25, 0.3) is 11.4 Å². The summed E-state index contributed by atoms with van der Waals surface area (Å²) in [6, 6.07) is 10.9. The zero-order valence-electron chi connectivity index (χ0n) is 15.2. The highest BCUT2D eigenvalue weighted by Gasteiger charge is 2.38. The number of hydrogen-bond donors (Lipinski definition) is 0. The lowest BCUT2D eigenvalue weighted by molar-refractivity contribution is -0.159. The van der Waals surface area contributed by atoms with Crippen molar-refractivity contribution < 1.29 is 30.9 Å². The summed E-state index contributed by atoms with van der Waals surface area (Å²) in [7, 11) is -2.65. The molecule has 0 radical (unpaired) electrons. The molecular formula is C18H13ClF3N3O4S. The standard InChI is InChI=1S/C18H13ClF3N3O4S/c1-25(30(27,28)14-8-6-13(19)7-9-14)10-15(26)11-2-4-12(5-3-11)16-23-17(29-24-16)18(20,21)22/h2-9H,10H2,1H3. The Bertz CT molecular complexity index is 1160. The van der Waals surface area contributed by atoms with E-state index in [1.807, 2.05) is 0 Å². The molecule has 1 heterocycles. The van der Waals surface area contributed by atoms with Gasteiger partial charge >= 0.3 is 12.1 Å². The Morgan fingerprint density at radius 3 is 2.23 bits per heavy atom. The van der Waals surface area contributed by atoms with Crippen LogP contribution in [0.4, 0.5) is 13.2 Å². The van der Waals surface area contributed by atoms with Crippen LogP contribution in [0.1, 0.15) is 16.2 Å². The Kier molecular flexibility index (Phi) is 5.97. The third kappa shape index (κ3) is 4.69. The van der Waals surface area contributed by atoms with Gasteiger partial charge in [-0.2, -0.15) is 22.5 Å². The monoisotopic (exact) mass is 459 g/mol. The highest BCUT2D eigenvalue weighted by molar-refractivity contribution is 7.89. The van der Waals surface area contributed by atoms with Crippen molar-refractivity contribution in [3.05, 3.63) is 65.0 Å². The normalized spacial score (nSPS) is 12.3. The molecule has 3 rings (SSSR count). The van der Waals surface area contributed by atoms with Gasteiger partial charge in [-0.25, -0.2) is 8.42 Å². The fourth-order valence-corrected chi connectivity index (χ4v) is 3.68. The fraction of sp³-hybridized carbons (Fsp3) is 0.167. The summed E-state index contributed by atoms with van der Waals surface area (Å²) in [6.07, 6.45) is -4.76. The molecule has 158 valence electrons. The Labute approximate surface area is 174 Å². The second-order valence-electron chi connectivity index (χ2n) is 6.14. The predicted molar refractivity (Wildman–Crippen MR) is 100 cm³/mol. The molecule has 0 N–H and O–H groups in total. The van der Waals surface area contributed by atoms with Crippen LogP contribution in [0.5, 0.6) is 0 Å². The van der Waals surface area contributed by atoms with E-state index >= 15 is 0 Å². The average molecular weight is 460 g/mol. The summed E-state index contributed by atoms with van der Waals surface area (Å²) in [5, 5.41) is 3.63. The minimum absolute atomic E-state index is 0.0184. The molecule has 1 aromatic heterocycles. The van der Waals surface area contributed by atoms with Crippen molar-refractivity contribution in [3.8, 4) is 11.4 Å². The lowest BCUT2D eigenvalue weighted by Crippen LogP contribution is -2.32. The van der Waals surface area contributed by atoms with Crippen LogP contribution in [-0.4, -0.2) is 42.2 Å². The van der Waals surface area contributed by atoms with Gasteiger partial charge in [-0.3, -0.25) is 4.79 Å². The van der Waals surface area contributed by atoms with E-state index in [1.54, 1.807) is 0 Å². The van der Waals surface area contributed by atoms with Gasteiger partial charge in [0.15, 0.2) is 5.78 Å². The summed E-state index contributed by atoms with van der Waals surface area (Å²) in [4.78, 5) is 15.7. The first-order valence-corrected chi connectivity index (χ1v) is 10.1. The van der Waals surface area contributed by atoms with Crippen molar-refractivity contribution in [1.29, 1.82) is 0 Å². The van der Waals surface area contributed by atoms with Gasteiger partial charge < -0.3 is 4.52 Å². The minimum Gasteiger partial charge on any atom is -0.329 e. The third-order valence-electron chi connectivity index (χ3n) is 4.02. The maximum Gasteiger partial charge on any atom is 0.471 e. The van der Waals surface area contributed by atoms with E-state index < -0.39 is 34.4 Å². The molecule has 0 bridgehead atoms. The van der Waals surface area contributed by atoms with E-state index in [-0.39, 0.29) is 21.8 Å². The highest BCUT2D eigenvalue weighted by Crippen LogP contribution is 2.29. The number of sulfonamides is 1. The van der Waals surface area contributed by atoms with E-state index in [0.29, 0.717) is 5.02 Å². The number of likely N-dealkylation sites (N-methyl/N-ethyl adjacent to an activating group) is 1. The van der Waals surface area contributed by atoms with Crippen molar-refractivity contribution in [3.63, 3.8) is 0 Å². The van der Waals surface area contributed by atoms with Crippen LogP contribution in [-0.2, 0) is 16.2 Å². The van der Waals surface area contributed by atoms with Crippen molar-refractivity contribution in [2.24, 2.45) is 0 Å². The lowest BCUT2D eigenvalue weighted by Gasteiger charge is -2.16. The van der Waals surface area contributed by atoms with Gasteiger partial charge in [-0.15, -0.1) is 0 Å². The van der Waals surface area contributed by atoms with E-state index in [2.05, 4.69) is 14.7 Å². The van der Waals surface area contributed by atoms with Crippen LogP contribution >= 0.6 is 11.6 Å². The van der Waals surface area contributed by atoms with Gasteiger partial charge in [-0.05, 0) is 24.3 Å². The summed E-state index contributed by atoms with van der Waals surface area (Å²) in [5.74, 6) is -2.28. The van der Waals surface area contributed by atoms with Crippen molar-refractivity contribution >= 4 is 27.4 Å². The van der Waals surface area contributed by atoms with Crippen LogP contribution in [0, 0.1) is 0 Å². The van der Waals surface area contributed by atoms with Gasteiger partial charge in [0.05, 0.1) is 11.4 Å². The number of nitrogens with zero attached hydrogens (tertiary/aromatic N) is 3. The first kappa shape index (κ1) is 21.9. The number of aromatic nitrogens is 2. The minimum atomic E-state index is -4.76. The highest BCUT2D eigenvalue weighted by atomic mass is 35.5. The van der Waals surface area contributed by atoms with E-state index in [9.17, 15) is 26.4 Å². The quantitative estimate of drug-likeness (QED) is 0.519. The maximum atomic E-state index is 12.5. The van der Waals surface area contributed by atoms with Crippen LogP contribution < -0.4 is 0 Å². The SMILES string of the molecule is CN(CC(=O)c1ccc(-c2noc(C(F)(F)F)n2)cc1)S(=O)(=O)c1ccc(Cl)cc1. The summed E-state index contributed by atoms with van der Waals surface area (Å²) < 4.78 is 67.8. The number of ketones is 1. The van der Waals surface area contributed by atoms with Crippen molar-refractivity contribution in [2.75, 3.05) is 13.6 Å². The molecule has 12 heteroatoms. The number of alkyl halides is 3. The second-order valence-corrected chi connectivity index (χ2v) is 8.62. The molecule has 0 saturated carbocycles. The third-order valence-corrected chi connectivity index (χ3v) is 6.09. The first-order chi connectivity index (χ1) is 14.0. The molecule has 0 saturated heterocycles. The smallest absolute Gasteiger partial charge is 0.329 e. The Morgan fingerprint density at radius 1 is 1.10 bits per heavy atom. The molecule has 0 aliphatic carbocycles. The molecule has 0 aliphatic rings. The fourth-order valence-electron chi connectivity index (χ4n) is 2.43. The van der Waals surface area contributed by atoms with E-state index in [0.717, 1.165) is 4.31 Å². The molecule has 7 nitrogen and oxygen atoms in total. The lowest BCUT2D eigenvalue weighted by atomic mass is 10.1. The molecule has 0 fully saturated rings. The molecule has 0 amide bonds. The summed E-state index contributed by atoms with van der Waals surface area (Å²) in [5.41, 5.74) is 0.365. The van der Waals surface area contributed by atoms with Gasteiger partial charge in [-0.1, -0.05) is 41.0 Å². The Balaban J connectivity index is 1.73. The maximum absolute atomic E-state index is 12.5.